The summed E-state index contributed by atoms with van der Waals surface area (Å²) in [6, 6.07) is 15.3. The van der Waals surface area contributed by atoms with E-state index in [-0.39, 0.29) is 37.5 Å². The molecular weight excluding hydrogens is 667 g/mol. The fraction of sp³-hybridized carbons (Fsp3) is 0.618. The van der Waals surface area contributed by atoms with Gasteiger partial charge in [0.2, 0.25) is 10.0 Å². The van der Waals surface area contributed by atoms with Gasteiger partial charge in [-0.2, -0.15) is 4.31 Å². The number of carbonyl (C=O) groups is 1. The van der Waals surface area contributed by atoms with E-state index in [4.69, 9.17) is 18.9 Å². The predicted octanol–water partition coefficient (Wildman–Crippen LogP) is 6.64. The molecule has 2 atom stereocenters. The third kappa shape index (κ3) is 15.8. The van der Waals surface area contributed by atoms with E-state index in [1.165, 1.54) is 10.4 Å². The summed E-state index contributed by atoms with van der Waals surface area (Å²) >= 11 is 0. The van der Waals surface area contributed by atoms with Crippen LogP contribution in [0.25, 0.3) is 0 Å². The van der Waals surface area contributed by atoms with Crippen molar-refractivity contribution in [3.8, 4) is 5.75 Å². The van der Waals surface area contributed by atoms with Crippen LogP contribution in [0.15, 0.2) is 53.4 Å². The lowest BCUT2D eigenvalue weighted by Crippen LogP contribution is -2.52. The minimum Gasteiger partial charge on any atom is -0.465 e. The van der Waals surface area contributed by atoms with E-state index in [9.17, 15) is 18.3 Å². The largest absolute Gasteiger partial charge is 0.465 e. The predicted molar refractivity (Wildman–Crippen MR) is 198 cm³/mol. The Morgan fingerprint density at radius 1 is 0.896 bits per heavy atom. The molecular formula is C34H59N3O8SSi2. The number of anilines is 1. The summed E-state index contributed by atoms with van der Waals surface area (Å²) in [4.78, 5) is 12.1. The van der Waals surface area contributed by atoms with Crippen LogP contribution in [0.2, 0.25) is 51.4 Å². The van der Waals surface area contributed by atoms with Gasteiger partial charge in [-0.25, -0.2) is 13.2 Å². The highest BCUT2D eigenvalue weighted by Gasteiger charge is 2.33. The molecule has 2 aromatic carbocycles. The lowest BCUT2D eigenvalue weighted by molar-refractivity contribution is -0.0993. The van der Waals surface area contributed by atoms with Gasteiger partial charge in [-0.15, -0.1) is 0 Å². The molecule has 0 aliphatic rings. The SMILES string of the molecule is CNc1cc(S(=O)(=O)N(CC(C)C)C[C@@H](OCOCC[Si](C)(C)C)[C@H](Cc2ccccc2)NC(=O)O)ccc1OCOCC[Si](C)(C)C. The first kappa shape index (κ1) is 41.7. The van der Waals surface area contributed by atoms with Gasteiger partial charge < -0.3 is 34.7 Å². The van der Waals surface area contributed by atoms with Crippen molar-refractivity contribution in [2.75, 3.05) is 52.3 Å². The summed E-state index contributed by atoms with van der Waals surface area (Å²) in [6.07, 6.45) is -1.76. The van der Waals surface area contributed by atoms with Crippen LogP contribution in [0, 0.1) is 5.92 Å². The maximum absolute atomic E-state index is 14.3. The highest BCUT2D eigenvalue weighted by atomic mass is 32.2. The van der Waals surface area contributed by atoms with Crippen molar-refractivity contribution in [1.82, 2.24) is 9.62 Å². The molecule has 0 aliphatic heterocycles. The molecule has 1 amide bonds. The van der Waals surface area contributed by atoms with Gasteiger partial charge in [-0.05, 0) is 48.2 Å². The zero-order valence-corrected chi connectivity index (χ0v) is 33.2. The van der Waals surface area contributed by atoms with Gasteiger partial charge in [0.15, 0.2) is 6.79 Å². The molecule has 11 nitrogen and oxygen atoms in total. The number of benzene rings is 2. The first-order chi connectivity index (χ1) is 22.4. The zero-order chi connectivity index (χ0) is 36.0. The van der Waals surface area contributed by atoms with Crippen LogP contribution in [-0.4, -0.2) is 99.2 Å². The molecule has 0 bridgehead atoms. The number of nitrogens with zero attached hydrogens (tertiary/aromatic N) is 1. The summed E-state index contributed by atoms with van der Waals surface area (Å²) < 4.78 is 53.5. The molecule has 2 rings (SSSR count). The number of hydrogen-bond donors (Lipinski definition) is 3. The second kappa shape index (κ2) is 19.7. The van der Waals surface area contributed by atoms with Crippen LogP contribution in [0.4, 0.5) is 10.5 Å². The van der Waals surface area contributed by atoms with Crippen LogP contribution < -0.4 is 15.4 Å². The van der Waals surface area contributed by atoms with Crippen LogP contribution in [0.3, 0.4) is 0 Å². The zero-order valence-electron chi connectivity index (χ0n) is 30.4. The number of nitrogens with one attached hydrogen (secondary N) is 2. The number of sulfonamides is 1. The lowest BCUT2D eigenvalue weighted by atomic mass is 10.0. The minimum atomic E-state index is -4.05. The smallest absolute Gasteiger partial charge is 0.404 e. The number of hydrogen-bond acceptors (Lipinski definition) is 8. The molecule has 0 saturated heterocycles. The molecule has 0 radical (unpaired) electrons. The second-order valence-electron chi connectivity index (χ2n) is 14.9. The lowest BCUT2D eigenvalue weighted by Gasteiger charge is -2.33. The Morgan fingerprint density at radius 3 is 2.04 bits per heavy atom. The van der Waals surface area contributed by atoms with Crippen molar-refractivity contribution in [3.63, 3.8) is 0 Å². The van der Waals surface area contributed by atoms with Gasteiger partial charge in [-0.1, -0.05) is 83.5 Å². The molecule has 0 aromatic heterocycles. The van der Waals surface area contributed by atoms with E-state index < -0.39 is 44.4 Å². The average molecular weight is 726 g/mol. The Bertz CT molecular complexity index is 1350. The van der Waals surface area contributed by atoms with E-state index in [1.807, 2.05) is 44.2 Å². The molecule has 0 saturated carbocycles. The van der Waals surface area contributed by atoms with Gasteiger partial charge in [0.25, 0.3) is 0 Å². The molecule has 2 aromatic rings. The Balaban J connectivity index is 2.37. The molecule has 14 heteroatoms. The molecule has 0 heterocycles. The number of ether oxygens (including phenoxy) is 4. The van der Waals surface area contributed by atoms with Crippen LogP contribution in [0.5, 0.6) is 5.75 Å². The number of amides is 1. The van der Waals surface area contributed by atoms with E-state index in [0.29, 0.717) is 31.1 Å². The summed E-state index contributed by atoms with van der Waals surface area (Å²) in [7, 11) is -4.93. The highest BCUT2D eigenvalue weighted by molar-refractivity contribution is 7.89. The Kier molecular flexibility index (Phi) is 17.1. The third-order valence-corrected chi connectivity index (χ3v) is 12.8. The Hall–Kier alpha value is -2.47. The van der Waals surface area contributed by atoms with Crippen LogP contribution >= 0.6 is 0 Å². The van der Waals surface area contributed by atoms with Crippen LogP contribution in [-0.2, 0) is 30.7 Å². The number of rotatable bonds is 23. The van der Waals surface area contributed by atoms with E-state index in [2.05, 4.69) is 49.9 Å². The summed E-state index contributed by atoms with van der Waals surface area (Å²) in [6.45, 7) is 18.7. The van der Waals surface area contributed by atoms with E-state index >= 15 is 0 Å². The highest BCUT2D eigenvalue weighted by Crippen LogP contribution is 2.30. The monoisotopic (exact) mass is 725 g/mol. The van der Waals surface area contributed by atoms with Gasteiger partial charge in [0.05, 0.1) is 22.7 Å². The average Bonchev–Trinajstić information content (AvgIpc) is 2.98. The van der Waals surface area contributed by atoms with Crippen LogP contribution in [0.1, 0.15) is 19.4 Å². The molecule has 272 valence electrons. The summed E-state index contributed by atoms with van der Waals surface area (Å²) in [5, 5.41) is 15.4. The fourth-order valence-electron chi connectivity index (χ4n) is 4.73. The van der Waals surface area contributed by atoms with Gasteiger partial charge in [0, 0.05) is 49.5 Å². The first-order valence-electron chi connectivity index (χ1n) is 16.7. The number of carboxylic acid groups (broad SMARTS) is 1. The molecule has 0 unspecified atom stereocenters. The van der Waals surface area contributed by atoms with Crippen molar-refractivity contribution in [2.45, 2.75) is 88.7 Å². The topological polar surface area (TPSA) is 136 Å². The van der Waals surface area contributed by atoms with E-state index in [0.717, 1.165) is 17.7 Å². The van der Waals surface area contributed by atoms with Gasteiger partial charge >= 0.3 is 6.09 Å². The quantitative estimate of drug-likeness (QED) is 0.0655. The first-order valence-corrected chi connectivity index (χ1v) is 25.5. The second-order valence-corrected chi connectivity index (χ2v) is 28.1. The third-order valence-electron chi connectivity index (χ3n) is 7.52. The molecule has 3 N–H and O–H groups in total. The Labute approximate surface area is 290 Å². The standard InChI is InChI=1S/C34H59N3O8SSi2/c1-27(2)23-37(46(40,41)29-15-16-32(30(22-29)35-3)44-25-42-17-19-47(4,5)6)24-33(45-26-43-18-20-48(7,8)9)31(36-34(38)39)21-28-13-11-10-12-14-28/h10-16,22,27,31,33,35-36H,17-21,23-26H2,1-9H3,(H,38,39)/t31-,33+/m0/s1. The molecule has 0 fully saturated rings. The Morgan fingerprint density at radius 2 is 1.50 bits per heavy atom. The maximum atomic E-state index is 14.3. The van der Waals surface area contributed by atoms with E-state index in [1.54, 1.807) is 19.2 Å². The molecule has 0 spiro atoms. The van der Waals surface area contributed by atoms with Crippen molar-refractivity contribution in [1.29, 1.82) is 0 Å². The summed E-state index contributed by atoms with van der Waals surface area (Å²) in [5.41, 5.74) is 1.40. The maximum Gasteiger partial charge on any atom is 0.404 e. The molecule has 48 heavy (non-hydrogen) atoms. The fourth-order valence-corrected chi connectivity index (χ4v) is 7.89. The summed E-state index contributed by atoms with van der Waals surface area (Å²) in [5.74, 6) is 0.457. The van der Waals surface area contributed by atoms with Gasteiger partial charge in [-0.3, -0.25) is 0 Å². The van der Waals surface area contributed by atoms with Crippen molar-refractivity contribution in [2.24, 2.45) is 5.92 Å². The van der Waals surface area contributed by atoms with Crippen molar-refractivity contribution >= 4 is 38.0 Å². The van der Waals surface area contributed by atoms with Crippen molar-refractivity contribution in [3.05, 3.63) is 54.1 Å². The van der Waals surface area contributed by atoms with Crippen molar-refractivity contribution < 1.29 is 37.3 Å². The van der Waals surface area contributed by atoms with Gasteiger partial charge in [0.1, 0.15) is 12.5 Å². The minimum absolute atomic E-state index is 0.0203. The normalized spacial score (nSPS) is 13.8. The molecule has 0 aliphatic carbocycles.